The van der Waals surface area contributed by atoms with Crippen molar-refractivity contribution in [3.8, 4) is 51.7 Å². The van der Waals surface area contributed by atoms with Gasteiger partial charge in [-0.2, -0.15) is 0 Å². The lowest BCUT2D eigenvalue weighted by atomic mass is 9.71. The predicted octanol–water partition coefficient (Wildman–Crippen LogP) is 11.9. The molecule has 0 radical (unpaired) electrons. The van der Waals surface area contributed by atoms with E-state index in [1.165, 1.54) is 66.7 Å². The first-order valence-corrected chi connectivity index (χ1v) is 34.0. The third-order valence-corrected chi connectivity index (χ3v) is 22.8. The van der Waals surface area contributed by atoms with Crippen LogP contribution in [0.4, 0.5) is 0 Å². The van der Waals surface area contributed by atoms with Gasteiger partial charge in [0, 0.05) is 24.1 Å². The van der Waals surface area contributed by atoms with Crippen LogP contribution in [0.2, 0.25) is 0 Å². The fourth-order valence-electron chi connectivity index (χ4n) is 11.3. The van der Waals surface area contributed by atoms with Crippen LogP contribution in [-0.4, -0.2) is 229 Å². The lowest BCUT2D eigenvalue weighted by Gasteiger charge is -2.59. The molecule has 0 fully saturated rings. The Bertz CT molecular complexity index is 3310. The van der Waals surface area contributed by atoms with Crippen LogP contribution >= 0.6 is 0 Å². The molecule has 6 unspecified atom stereocenters. The van der Waals surface area contributed by atoms with Crippen molar-refractivity contribution in [2.45, 2.75) is 227 Å². The summed E-state index contributed by atoms with van der Waals surface area (Å²) in [5, 5.41) is 150. The van der Waals surface area contributed by atoms with Crippen molar-refractivity contribution in [2.75, 3.05) is 96.7 Å². The number of aliphatic hydroxyl groups is 6. The number of nitrogens with zero attached hydrogens (tertiary/aromatic N) is 5. The van der Waals surface area contributed by atoms with Crippen LogP contribution < -0.4 is 0 Å². The summed E-state index contributed by atoms with van der Waals surface area (Å²) >= 11 is 0. The van der Waals surface area contributed by atoms with Crippen LogP contribution in [0.3, 0.4) is 0 Å². The lowest BCUT2D eigenvalue weighted by Crippen LogP contribution is -2.73. The highest BCUT2D eigenvalue weighted by molar-refractivity contribution is 5.45. The molecule has 5 aromatic rings. The minimum Gasteiger partial charge on any atom is -0.508 e. The maximum absolute atomic E-state index is 11.4. The third-order valence-electron chi connectivity index (χ3n) is 22.8. The third kappa shape index (κ3) is 23.2. The molecule has 0 aromatic heterocycles. The quantitative estimate of drug-likeness (QED) is 0.0304. The van der Waals surface area contributed by atoms with Gasteiger partial charge in [-0.25, -0.2) is 0 Å². The van der Waals surface area contributed by atoms with Gasteiger partial charge < -0.3 is 99.0 Å². The van der Waals surface area contributed by atoms with Crippen LogP contribution in [0.25, 0.3) is 0 Å². The molecule has 6 atom stereocenters. The average molecular weight is 1400 g/mol. The fourth-order valence-corrected chi connectivity index (χ4v) is 11.3. The normalized spacial score (nSPS) is 16.7. The second-order valence-electron chi connectivity index (χ2n) is 36.4. The van der Waals surface area contributed by atoms with Gasteiger partial charge in [-0.1, -0.05) is 25.1 Å². The zero-order valence-corrected chi connectivity index (χ0v) is 66.8. The zero-order valence-electron chi connectivity index (χ0n) is 66.8. The second-order valence-corrected chi connectivity index (χ2v) is 36.4. The van der Waals surface area contributed by atoms with Crippen molar-refractivity contribution < 1.29 is 99.0 Å². The standard InChI is InChI=1S/C18H31NO3.C16H27NO3.3C15H25NO3/c1-9-17(5,19(7,8)16(2,3)4)18(6,22)13-10-11-14(20)15(21)12-13;1-15(2,3)17(5,6)11-16(4,20)13-7-8-14(19)12(9-13)10-18;2*1-14(2,3)16(5,6)10-15(4,19)11-7-12(17)9-13(18)8-11;1-14(2,3)16(5,6)10-15(4,19)11-7-8-12(17)13(18)9-11/h10-12,22H,9H2,1-8H3,(H-,20,21);7-9,18,20H,10-11H2,1-6H3;3*7-9,19H,10H2,1-6H3,(H-,17,18)/p+5. The number of aliphatic hydroxyl groups excluding tert-OH is 1. The van der Waals surface area contributed by atoms with Gasteiger partial charge in [0.05, 0.1) is 105 Å². The summed E-state index contributed by atoms with van der Waals surface area (Å²) in [6.07, 6.45) is 0.756. The van der Waals surface area contributed by atoms with Crippen molar-refractivity contribution in [3.05, 3.63) is 124 Å². The molecule has 564 valence electrons. The molecule has 15 N–H and O–H groups in total. The summed E-state index contributed by atoms with van der Waals surface area (Å²) in [6.45, 7) is 46.5. The summed E-state index contributed by atoms with van der Waals surface area (Å²) in [5.74, 6) is -0.903. The molecule has 0 bridgehead atoms. The van der Waals surface area contributed by atoms with E-state index in [-0.39, 0.29) is 86.0 Å². The number of likely N-dealkylation sites (N-methyl/N-ethyl adjacent to an activating group) is 5. The van der Waals surface area contributed by atoms with E-state index in [0.29, 0.717) is 82.0 Å². The Labute approximate surface area is 595 Å². The molecule has 0 saturated carbocycles. The highest BCUT2D eigenvalue weighted by atomic mass is 16.3. The van der Waals surface area contributed by atoms with Crippen LogP contribution in [0.5, 0.6) is 51.7 Å². The van der Waals surface area contributed by atoms with Gasteiger partial charge in [0.25, 0.3) is 0 Å². The Morgan fingerprint density at radius 2 is 0.525 bits per heavy atom. The molecule has 0 saturated heterocycles. The summed E-state index contributed by atoms with van der Waals surface area (Å²) < 4.78 is 3.09. The maximum Gasteiger partial charge on any atom is 0.157 e. The average Bonchev–Trinajstić information content (AvgIpc) is 0.725. The van der Waals surface area contributed by atoms with E-state index in [0.717, 1.165) is 6.42 Å². The first-order valence-electron chi connectivity index (χ1n) is 34.0. The predicted molar refractivity (Wildman–Crippen MR) is 398 cm³/mol. The summed E-state index contributed by atoms with van der Waals surface area (Å²) in [6, 6.07) is 22.3. The lowest BCUT2D eigenvalue weighted by molar-refractivity contribution is -0.989. The number of hydrogen-bond donors (Lipinski definition) is 15. The van der Waals surface area contributed by atoms with Crippen molar-refractivity contribution >= 4 is 0 Å². The van der Waals surface area contributed by atoms with E-state index in [4.69, 9.17) is 0 Å². The van der Waals surface area contributed by atoms with E-state index in [9.17, 15) is 76.6 Å². The van der Waals surface area contributed by atoms with Gasteiger partial charge in [-0.05, 0) is 234 Å². The summed E-state index contributed by atoms with van der Waals surface area (Å²) in [5.41, 5.74) is -2.82. The number of aromatic hydroxyl groups is 9. The van der Waals surface area contributed by atoms with E-state index in [1.54, 1.807) is 58.9 Å². The number of phenols is 9. The van der Waals surface area contributed by atoms with Gasteiger partial charge >= 0.3 is 0 Å². The van der Waals surface area contributed by atoms with E-state index in [1.807, 2.05) is 0 Å². The van der Waals surface area contributed by atoms with Gasteiger partial charge in [0.1, 0.15) is 88.5 Å². The highest BCUT2D eigenvalue weighted by Gasteiger charge is 2.58. The first-order chi connectivity index (χ1) is 43.7. The molecule has 0 spiro atoms. The Hall–Kier alpha value is -6.14. The van der Waals surface area contributed by atoms with E-state index in [2.05, 4.69) is 188 Å². The van der Waals surface area contributed by atoms with Crippen molar-refractivity contribution in [1.82, 2.24) is 0 Å². The molecule has 5 rings (SSSR count). The van der Waals surface area contributed by atoms with Gasteiger partial charge in [-0.15, -0.1) is 0 Å². The molecule has 5 aromatic carbocycles. The van der Waals surface area contributed by atoms with Crippen LogP contribution in [-0.2, 0) is 34.6 Å². The summed E-state index contributed by atoms with van der Waals surface area (Å²) in [7, 11) is 20.8. The second kappa shape index (κ2) is 31.2. The molecule has 0 aliphatic heterocycles. The van der Waals surface area contributed by atoms with Gasteiger partial charge in [0.15, 0.2) is 23.0 Å². The van der Waals surface area contributed by atoms with Crippen LogP contribution in [0.1, 0.15) is 192 Å². The first kappa shape index (κ1) is 90.9. The molecule has 0 amide bonds. The molecule has 99 heavy (non-hydrogen) atoms. The number of hydrogen-bond acceptors (Lipinski definition) is 15. The Kier molecular flexibility index (Phi) is 28.7. The van der Waals surface area contributed by atoms with Crippen molar-refractivity contribution in [3.63, 3.8) is 0 Å². The minimum atomic E-state index is -1.18. The van der Waals surface area contributed by atoms with E-state index < -0.39 is 33.5 Å². The molecular weight excluding hydrogens is 1260 g/mol. The Morgan fingerprint density at radius 3 is 0.768 bits per heavy atom. The molecular formula is C79H138N5O15+5. The zero-order chi connectivity index (χ0) is 78.5. The smallest absolute Gasteiger partial charge is 0.157 e. The largest absolute Gasteiger partial charge is 0.508 e. The molecule has 0 aliphatic carbocycles. The van der Waals surface area contributed by atoms with Crippen molar-refractivity contribution in [1.29, 1.82) is 0 Å². The monoisotopic (exact) mass is 1400 g/mol. The molecule has 20 nitrogen and oxygen atoms in total. The summed E-state index contributed by atoms with van der Waals surface area (Å²) in [4.78, 5) is 0. The van der Waals surface area contributed by atoms with E-state index >= 15 is 0 Å². The molecule has 0 aliphatic rings. The van der Waals surface area contributed by atoms with Crippen LogP contribution in [0.15, 0.2) is 91.0 Å². The number of quaternary nitrogens is 5. The number of phenolic OH excluding ortho intramolecular Hbond substituents is 8. The SMILES string of the molecule is CC(O)(C[N+](C)(C)C(C)(C)C)c1cc(O)cc(O)c1.CC(O)(C[N+](C)(C)C(C)(C)C)c1cc(O)cc(O)c1.CC(O)(C[N+](C)(C)C(C)(C)C)c1ccc(O)c(CO)c1.CC(O)(C[N+](C)(C)C(C)(C)C)c1ccc(O)c(O)c1.CCC(C)(C(C)(O)c1ccc(O)c(O)c1)[N+](C)(C)C(C)(C)C. The highest BCUT2D eigenvalue weighted by Crippen LogP contribution is 2.48. The van der Waals surface area contributed by atoms with Gasteiger partial charge in [-0.3, -0.25) is 0 Å². The maximum atomic E-state index is 11.4. The van der Waals surface area contributed by atoms with Crippen molar-refractivity contribution in [2.24, 2.45) is 0 Å². The topological polar surface area (TPSA) is 303 Å². The molecule has 0 heterocycles. The Balaban J connectivity index is 0.000000619. The molecule has 20 heteroatoms. The van der Waals surface area contributed by atoms with Crippen LogP contribution in [0, 0.1) is 0 Å². The van der Waals surface area contributed by atoms with Gasteiger partial charge in [0.2, 0.25) is 0 Å². The minimum absolute atomic E-state index is 0.000712. The number of benzene rings is 5. The number of rotatable bonds is 17. The Morgan fingerprint density at radius 1 is 0.283 bits per heavy atom. The fraction of sp³-hybridized carbons (Fsp3) is 0.620.